The molecule has 232 valence electrons. The number of hydrogen-bond donors (Lipinski definition) is 0. The highest BCUT2D eigenvalue weighted by Crippen LogP contribution is 2.41. The van der Waals surface area contributed by atoms with E-state index in [4.69, 9.17) is 32.5 Å². The predicted octanol–water partition coefficient (Wildman–Crippen LogP) is 4.08. The average molecular weight is 605 g/mol. The van der Waals surface area contributed by atoms with E-state index in [1.807, 2.05) is 36.4 Å². The summed E-state index contributed by atoms with van der Waals surface area (Å²) in [7, 11) is -3.33. The number of allylic oxidation sites excluding steroid dienone is 8. The van der Waals surface area contributed by atoms with Gasteiger partial charge in [0.2, 0.25) is 5.78 Å². The molecule has 0 unspecified atom stereocenters. The number of halogens is 1. The summed E-state index contributed by atoms with van der Waals surface area (Å²) < 4.78 is 52.2. The fourth-order valence-electron chi connectivity index (χ4n) is 3.94. The Balaban J connectivity index is 0.00000113. The number of Topliss-reactive ketones (excluding diaryl/α,β-unsaturated/α-hetero) is 1. The van der Waals surface area contributed by atoms with Crippen molar-refractivity contribution in [1.82, 2.24) is 0 Å². The lowest BCUT2D eigenvalue weighted by molar-refractivity contribution is -2.00. The van der Waals surface area contributed by atoms with Gasteiger partial charge in [-0.2, -0.15) is 0 Å². The van der Waals surface area contributed by atoms with Gasteiger partial charge in [-0.15, -0.1) is 10.2 Å². The number of hydrogen-bond acceptors (Lipinski definition) is 7. The second-order valence-corrected chi connectivity index (χ2v) is 15.4. The molecule has 1 aliphatic carbocycles. The Kier molecular flexibility index (Phi) is 10.2. The topological polar surface area (TPSA) is 139 Å². The molecule has 0 spiro atoms. The Morgan fingerprint density at radius 3 is 1.48 bits per heavy atom. The monoisotopic (exact) mass is 604 g/mol. The predicted molar refractivity (Wildman–Crippen MR) is 152 cm³/mol. The molecule has 0 fully saturated rings. The first kappa shape index (κ1) is 35.4. The highest BCUT2D eigenvalue weighted by atomic mass is 35.7. The summed E-state index contributed by atoms with van der Waals surface area (Å²) in [6, 6.07) is 4.04. The Hall–Kier alpha value is -2.75. The van der Waals surface area contributed by atoms with Crippen LogP contribution in [-0.2, 0) is 25.1 Å². The summed E-state index contributed by atoms with van der Waals surface area (Å²) in [5, 5.41) is 0. The normalized spacial score (nSPS) is 17.6. The number of ether oxygens (including phenoxy) is 2. The summed E-state index contributed by atoms with van der Waals surface area (Å²) in [6.45, 7) is 25.5. The third-order valence-corrected chi connectivity index (χ3v) is 6.39. The molecule has 0 bridgehead atoms. The molecule has 1 aliphatic heterocycles. The van der Waals surface area contributed by atoms with Gasteiger partial charge in [-0.1, -0.05) is 41.5 Å². The Morgan fingerprint density at radius 2 is 1.14 bits per heavy atom. The molecule has 1 aromatic rings. The van der Waals surface area contributed by atoms with Crippen molar-refractivity contribution in [1.29, 1.82) is 0 Å². The van der Waals surface area contributed by atoms with E-state index in [9.17, 15) is 4.79 Å². The van der Waals surface area contributed by atoms with E-state index in [1.54, 1.807) is 7.11 Å². The minimum atomic E-state index is -4.94. The van der Waals surface area contributed by atoms with Crippen molar-refractivity contribution in [3.8, 4) is 0 Å². The molecule has 0 atom stereocenters. The molecular weight excluding hydrogens is 560 g/mol. The van der Waals surface area contributed by atoms with E-state index in [1.165, 1.54) is 0 Å². The van der Waals surface area contributed by atoms with Crippen LogP contribution in [0.5, 0.6) is 0 Å². The summed E-state index contributed by atoms with van der Waals surface area (Å²) in [5.74, 6) is 4.10. The molecule has 2 aliphatic rings. The summed E-state index contributed by atoms with van der Waals surface area (Å²) >= 11 is 0. The van der Waals surface area contributed by atoms with Crippen LogP contribution in [0.4, 0.5) is 0 Å². The van der Waals surface area contributed by atoms with Crippen molar-refractivity contribution in [2.75, 3.05) is 7.11 Å². The van der Waals surface area contributed by atoms with Gasteiger partial charge in [0.05, 0.1) is 29.1 Å². The number of ketones is 1. The third kappa shape index (κ3) is 9.64. The van der Waals surface area contributed by atoms with Gasteiger partial charge < -0.3 is 9.47 Å². The van der Waals surface area contributed by atoms with Crippen LogP contribution >= 0.6 is 0 Å². The van der Waals surface area contributed by atoms with Gasteiger partial charge in [0.1, 0.15) is 17.3 Å². The van der Waals surface area contributed by atoms with E-state index in [-0.39, 0.29) is 27.4 Å². The van der Waals surface area contributed by atoms with Crippen molar-refractivity contribution in [2.45, 2.75) is 93.9 Å². The molecular formula is C33H45ClO8. The van der Waals surface area contributed by atoms with Crippen LogP contribution in [0.1, 0.15) is 100 Å². The van der Waals surface area contributed by atoms with Crippen molar-refractivity contribution in [2.24, 2.45) is 10.8 Å². The number of carbonyl (C=O) groups excluding carboxylic acids is 1. The highest BCUT2D eigenvalue weighted by Gasteiger charge is 2.37. The first-order valence-corrected chi connectivity index (χ1v) is 14.9. The minimum absolute atomic E-state index is 0.0253. The summed E-state index contributed by atoms with van der Waals surface area (Å²) in [4.78, 5) is 13.4. The molecule has 0 amide bonds. The Bertz CT molecular complexity index is 1290. The summed E-state index contributed by atoms with van der Waals surface area (Å²) in [6.07, 6.45) is 7.88. The van der Waals surface area contributed by atoms with E-state index in [0.717, 1.165) is 34.2 Å². The Labute approximate surface area is 252 Å². The average Bonchev–Trinajstić information content (AvgIpc) is 2.79. The minimum Gasteiger partial charge on any atom is -0.495 e. The van der Waals surface area contributed by atoms with Gasteiger partial charge in [-0.3, -0.25) is 4.79 Å². The van der Waals surface area contributed by atoms with Crippen LogP contribution in [0, 0.1) is 21.1 Å². The van der Waals surface area contributed by atoms with E-state index in [0.29, 0.717) is 16.9 Å². The van der Waals surface area contributed by atoms with Crippen LogP contribution in [0.3, 0.4) is 0 Å². The molecule has 0 aromatic carbocycles. The maximum absolute atomic E-state index is 13.4. The number of carbonyl (C=O) groups is 1. The van der Waals surface area contributed by atoms with Gasteiger partial charge in [0, 0.05) is 23.0 Å². The fourth-order valence-corrected chi connectivity index (χ4v) is 3.94. The van der Waals surface area contributed by atoms with Crippen LogP contribution in [0.2, 0.25) is 0 Å². The lowest BCUT2D eigenvalue weighted by atomic mass is 9.82. The molecule has 0 N–H and O–H groups in total. The van der Waals surface area contributed by atoms with Crippen molar-refractivity contribution >= 4 is 11.9 Å². The molecule has 8 nitrogen and oxygen atoms in total. The van der Waals surface area contributed by atoms with E-state index >= 15 is 0 Å². The maximum atomic E-state index is 13.4. The molecule has 42 heavy (non-hydrogen) atoms. The van der Waals surface area contributed by atoms with Crippen LogP contribution in [0.25, 0.3) is 6.08 Å². The Morgan fingerprint density at radius 1 is 0.738 bits per heavy atom. The van der Waals surface area contributed by atoms with Gasteiger partial charge in [0.25, 0.3) is 0 Å². The van der Waals surface area contributed by atoms with Gasteiger partial charge >= 0.3 is 11.5 Å². The zero-order valence-electron chi connectivity index (χ0n) is 27.1. The standard InChI is InChI=1S/C33H45O4.ClHO4/c1-30(2,3)24-16-20(17-25(36-24)31(4,5)6)14-22-28(34)23(29(22)35-13)15-21-18-26(32(7,8)9)37-27(19-21)33(10,11)12;2-1(3,4)5/h14-19H,1-13H3;(H,2,3,4,5)/q+1;/p-1. The second kappa shape index (κ2) is 12.1. The van der Waals surface area contributed by atoms with Crippen molar-refractivity contribution in [3.63, 3.8) is 0 Å². The zero-order chi connectivity index (χ0) is 32.6. The third-order valence-electron chi connectivity index (χ3n) is 6.39. The molecule has 0 radical (unpaired) electrons. The smallest absolute Gasteiger partial charge is 0.335 e. The van der Waals surface area contributed by atoms with Crippen molar-refractivity contribution in [3.05, 3.63) is 81.4 Å². The van der Waals surface area contributed by atoms with Gasteiger partial charge in [0.15, 0.2) is 0 Å². The lowest BCUT2D eigenvalue weighted by Gasteiger charge is -2.33. The largest absolute Gasteiger partial charge is 0.495 e. The lowest BCUT2D eigenvalue weighted by Crippen LogP contribution is -2.68. The SMILES string of the molecule is COC1=C(C=C2C=C(C(C)(C)C)OC(C(C)(C)C)=C2)C(=O)/C1=C\c1cc(C(C)(C)C)[o+]c(C(C)(C)C)c1.[O-][Cl+3]([O-])([O-])[O-]. The quantitative estimate of drug-likeness (QED) is 0.371. The molecule has 9 heteroatoms. The van der Waals surface area contributed by atoms with Gasteiger partial charge in [-0.05, 0) is 77.0 Å². The highest BCUT2D eigenvalue weighted by molar-refractivity contribution is 6.23. The number of methoxy groups -OCH3 is 1. The molecule has 3 rings (SSSR count). The van der Waals surface area contributed by atoms with Crippen molar-refractivity contribution < 1.29 is 47.6 Å². The van der Waals surface area contributed by atoms with E-state index < -0.39 is 10.2 Å². The fraction of sp³-hybridized carbons (Fsp3) is 0.515. The summed E-state index contributed by atoms with van der Waals surface area (Å²) in [5.41, 5.74) is 2.37. The zero-order valence-corrected chi connectivity index (χ0v) is 27.9. The van der Waals surface area contributed by atoms with Crippen LogP contribution in [0.15, 0.2) is 68.8 Å². The molecule has 1 aromatic heterocycles. The first-order chi connectivity index (χ1) is 18.7. The van der Waals surface area contributed by atoms with Crippen LogP contribution < -0.4 is 18.6 Å². The maximum Gasteiger partial charge on any atom is 0.335 e. The first-order valence-electron chi connectivity index (χ1n) is 13.7. The van der Waals surface area contributed by atoms with Crippen LogP contribution in [-0.4, -0.2) is 12.9 Å². The van der Waals surface area contributed by atoms with E-state index in [2.05, 4.69) is 83.1 Å². The molecule has 0 saturated carbocycles. The number of rotatable bonds is 3. The second-order valence-electron chi connectivity index (χ2n) is 14.6. The molecule has 0 saturated heterocycles. The van der Waals surface area contributed by atoms with Gasteiger partial charge in [-0.25, -0.2) is 23.1 Å². The molecule has 2 heterocycles.